The fraction of sp³-hybridized carbons (Fsp3) is 0.250. The van der Waals surface area contributed by atoms with E-state index >= 15 is 0 Å². The minimum atomic E-state index is -2.82. The fourth-order valence-electron chi connectivity index (χ4n) is 0.513. The van der Waals surface area contributed by atoms with Gasteiger partial charge in [0.2, 0.25) is 0 Å². The van der Waals surface area contributed by atoms with Crippen LogP contribution >= 0.6 is 0 Å². The van der Waals surface area contributed by atoms with E-state index in [-0.39, 0.29) is 0 Å². The molecule has 0 aliphatic carbocycles. The molecular weight excluding hydrogens is 152 g/mol. The minimum absolute atomic E-state index is 0.301. The minimum Gasteiger partial charge on any atom is -0.268 e. The van der Waals surface area contributed by atoms with Gasteiger partial charge in [0.25, 0.3) is 0 Å². The van der Waals surface area contributed by atoms with Gasteiger partial charge in [0.05, 0.1) is 6.20 Å². The molecule has 0 amide bonds. The summed E-state index contributed by atoms with van der Waals surface area (Å²) in [7, 11) is -1.35. The van der Waals surface area contributed by atoms with Gasteiger partial charge < -0.3 is 0 Å². The molecule has 1 heterocycles. The van der Waals surface area contributed by atoms with E-state index in [0.717, 1.165) is 0 Å². The molecule has 3 N–H and O–H groups in total. The molecule has 0 saturated carbocycles. The van der Waals surface area contributed by atoms with Crippen molar-refractivity contribution >= 4 is 9.92 Å². The van der Waals surface area contributed by atoms with E-state index in [1.54, 1.807) is 0 Å². The molecule has 1 atom stereocenters. The smallest absolute Gasteiger partial charge is 0.151 e. The van der Waals surface area contributed by atoms with Gasteiger partial charge in [0, 0.05) is 0 Å². The Morgan fingerprint density at radius 3 is 3.00 bits per heavy atom. The van der Waals surface area contributed by atoms with Crippen molar-refractivity contribution in [1.82, 2.24) is 14.9 Å². The Balaban J connectivity index is 3.09. The summed E-state index contributed by atoms with van der Waals surface area (Å²) in [5.41, 5.74) is 0. The first kappa shape index (κ1) is 7.23. The van der Waals surface area contributed by atoms with Crippen LogP contribution in [0, 0.1) is 4.78 Å². The fourth-order valence-corrected chi connectivity index (χ4v) is 1.17. The number of aromatic nitrogens is 2. The third-order valence-corrected chi connectivity index (χ3v) is 2.49. The molecule has 1 aromatic heterocycles. The van der Waals surface area contributed by atoms with Crippen molar-refractivity contribution in [3.05, 3.63) is 12.3 Å². The molecule has 1 unspecified atom stereocenters. The summed E-state index contributed by atoms with van der Waals surface area (Å²) >= 11 is 0. The van der Waals surface area contributed by atoms with Crippen molar-refractivity contribution in [3.63, 3.8) is 0 Å². The van der Waals surface area contributed by atoms with E-state index in [4.69, 9.17) is 4.78 Å². The van der Waals surface area contributed by atoms with Crippen LogP contribution in [0.3, 0.4) is 0 Å². The van der Waals surface area contributed by atoms with Gasteiger partial charge in [-0.15, -0.1) is 0 Å². The van der Waals surface area contributed by atoms with Crippen molar-refractivity contribution in [2.24, 2.45) is 0 Å². The summed E-state index contributed by atoms with van der Waals surface area (Å²) in [5.74, 6) is 0. The monoisotopic (exact) mass is 160 g/mol. The van der Waals surface area contributed by atoms with Crippen molar-refractivity contribution in [2.75, 3.05) is 7.05 Å². The molecule has 5 nitrogen and oxygen atoms in total. The Labute approximate surface area is 58.9 Å². The van der Waals surface area contributed by atoms with Crippen LogP contribution in [-0.4, -0.2) is 21.5 Å². The van der Waals surface area contributed by atoms with E-state index in [9.17, 15) is 4.21 Å². The highest BCUT2D eigenvalue weighted by Crippen LogP contribution is 2.00. The summed E-state index contributed by atoms with van der Waals surface area (Å²) in [6.45, 7) is 0. The second kappa shape index (κ2) is 2.39. The van der Waals surface area contributed by atoms with Crippen molar-refractivity contribution in [1.29, 1.82) is 4.78 Å². The lowest BCUT2D eigenvalue weighted by molar-refractivity contribution is 0.664. The molecule has 10 heavy (non-hydrogen) atoms. The first-order valence-electron chi connectivity index (χ1n) is 2.63. The van der Waals surface area contributed by atoms with Crippen LogP contribution in [0.1, 0.15) is 0 Å². The van der Waals surface area contributed by atoms with Crippen molar-refractivity contribution < 1.29 is 4.21 Å². The van der Waals surface area contributed by atoms with Crippen LogP contribution in [-0.2, 0) is 9.92 Å². The Hall–Kier alpha value is -0.880. The maximum absolute atomic E-state index is 11.1. The third kappa shape index (κ3) is 1.17. The Morgan fingerprint density at radius 1 is 1.90 bits per heavy atom. The Kier molecular flexibility index (Phi) is 1.73. The highest BCUT2D eigenvalue weighted by atomic mass is 32.2. The average molecular weight is 160 g/mol. The predicted octanol–water partition coefficient (Wildman–Crippen LogP) is -0.0502. The summed E-state index contributed by atoms with van der Waals surface area (Å²) in [6, 6.07) is 1.51. The second-order valence-corrected chi connectivity index (χ2v) is 3.64. The quantitative estimate of drug-likeness (QED) is 0.567. The van der Waals surface area contributed by atoms with E-state index < -0.39 is 9.92 Å². The Bertz CT molecular complexity index is 287. The molecule has 0 bridgehead atoms. The van der Waals surface area contributed by atoms with Crippen molar-refractivity contribution in [2.45, 2.75) is 5.03 Å². The number of nitrogens with one attached hydrogen (secondary N) is 3. The molecule has 0 aliphatic rings. The zero-order chi connectivity index (χ0) is 7.61. The van der Waals surface area contributed by atoms with Gasteiger partial charge in [-0.2, -0.15) is 5.10 Å². The number of aromatic amines is 1. The normalized spacial score (nSPS) is 16.5. The highest BCUT2D eigenvalue weighted by Gasteiger charge is 2.06. The largest absolute Gasteiger partial charge is 0.268 e. The third-order valence-electron chi connectivity index (χ3n) is 1.07. The van der Waals surface area contributed by atoms with Gasteiger partial charge in [-0.3, -0.25) is 5.10 Å². The first-order valence-corrected chi connectivity index (χ1v) is 4.19. The molecule has 0 saturated heterocycles. The lowest BCUT2D eigenvalue weighted by Gasteiger charge is -1.99. The second-order valence-electron chi connectivity index (χ2n) is 1.68. The molecule has 0 fully saturated rings. The summed E-state index contributed by atoms with van der Waals surface area (Å²) in [4.78, 5) is 0. The maximum Gasteiger partial charge on any atom is 0.151 e. The molecule has 1 aromatic rings. The number of nitrogens with zero attached hydrogens (tertiary/aromatic N) is 1. The SMILES string of the molecule is CNS(=N)(=O)c1ccn[nH]1. The standard InChI is InChI=1S/C4H8N4OS/c1-6-10(5,9)4-2-3-7-8-4/h2-3H,1H3,(H,7,8)(H2,5,6,9). The number of hydrogen-bond acceptors (Lipinski definition) is 3. The van der Waals surface area contributed by atoms with Crippen LogP contribution in [0.4, 0.5) is 0 Å². The zero-order valence-corrected chi connectivity index (χ0v) is 6.23. The van der Waals surface area contributed by atoms with E-state index in [2.05, 4.69) is 14.9 Å². The van der Waals surface area contributed by atoms with Crippen LogP contribution in [0.15, 0.2) is 17.3 Å². The lowest BCUT2D eigenvalue weighted by atomic mass is 10.8. The van der Waals surface area contributed by atoms with Gasteiger partial charge in [0.15, 0.2) is 9.92 Å². The molecule has 0 radical (unpaired) electrons. The van der Waals surface area contributed by atoms with E-state index in [0.29, 0.717) is 5.03 Å². The maximum atomic E-state index is 11.1. The molecule has 0 aromatic carbocycles. The molecule has 0 aliphatic heterocycles. The highest BCUT2D eigenvalue weighted by molar-refractivity contribution is 7.90. The van der Waals surface area contributed by atoms with Gasteiger partial charge in [-0.1, -0.05) is 0 Å². The molecular formula is C4H8N4OS. The van der Waals surface area contributed by atoms with Crippen LogP contribution in [0.2, 0.25) is 0 Å². The lowest BCUT2D eigenvalue weighted by Crippen LogP contribution is -2.17. The van der Waals surface area contributed by atoms with Crippen LogP contribution < -0.4 is 4.72 Å². The van der Waals surface area contributed by atoms with Crippen LogP contribution in [0.5, 0.6) is 0 Å². The number of hydrogen-bond donors (Lipinski definition) is 3. The van der Waals surface area contributed by atoms with Crippen LogP contribution in [0.25, 0.3) is 0 Å². The Morgan fingerprint density at radius 2 is 2.60 bits per heavy atom. The van der Waals surface area contributed by atoms with E-state index in [1.165, 1.54) is 19.3 Å². The summed E-state index contributed by atoms with van der Waals surface area (Å²) in [6.07, 6.45) is 1.46. The van der Waals surface area contributed by atoms with Gasteiger partial charge in [0.1, 0.15) is 5.03 Å². The van der Waals surface area contributed by atoms with Gasteiger partial charge in [-0.05, 0) is 13.1 Å². The molecule has 1 rings (SSSR count). The predicted molar refractivity (Wildman–Crippen MR) is 36.8 cm³/mol. The summed E-state index contributed by atoms with van der Waals surface area (Å²) < 4.78 is 20.6. The molecule has 56 valence electrons. The van der Waals surface area contributed by atoms with Gasteiger partial charge in [-0.25, -0.2) is 13.7 Å². The van der Waals surface area contributed by atoms with Crippen molar-refractivity contribution in [3.8, 4) is 0 Å². The summed E-state index contributed by atoms with van der Waals surface area (Å²) in [5, 5.41) is 6.33. The zero-order valence-electron chi connectivity index (χ0n) is 5.42. The number of H-pyrrole nitrogens is 1. The molecule has 6 heteroatoms. The molecule has 0 spiro atoms. The topological polar surface area (TPSA) is 81.6 Å². The van der Waals surface area contributed by atoms with E-state index in [1.807, 2.05) is 0 Å². The first-order chi connectivity index (χ1) is 4.67. The van der Waals surface area contributed by atoms with Gasteiger partial charge >= 0.3 is 0 Å². The average Bonchev–Trinajstić information content (AvgIpc) is 2.38. The number of rotatable bonds is 2.